The molecule has 0 unspecified atom stereocenters. The first-order valence-electron chi connectivity index (χ1n) is 5.19. The van der Waals surface area contributed by atoms with E-state index in [1.54, 1.807) is 6.08 Å². The lowest BCUT2D eigenvalue weighted by Crippen LogP contribution is -2.38. The van der Waals surface area contributed by atoms with Crippen LogP contribution in [0.1, 0.15) is 12.8 Å². The van der Waals surface area contributed by atoms with Gasteiger partial charge in [0.1, 0.15) is 0 Å². The van der Waals surface area contributed by atoms with Gasteiger partial charge in [0, 0.05) is 18.2 Å². The van der Waals surface area contributed by atoms with Crippen molar-refractivity contribution in [2.24, 2.45) is 16.9 Å². The number of hydrogen-bond acceptors (Lipinski definition) is 2. The number of nitrogens with zero attached hydrogens (tertiary/aromatic N) is 1. The number of rotatable bonds is 3. The van der Waals surface area contributed by atoms with Gasteiger partial charge in [-0.2, -0.15) is 5.10 Å². The van der Waals surface area contributed by atoms with E-state index in [1.807, 2.05) is 0 Å². The Morgan fingerprint density at radius 3 is 3.33 bits per heavy atom. The smallest absolute Gasteiger partial charge is 0.187 e. The fourth-order valence-corrected chi connectivity index (χ4v) is 2.12. The van der Waals surface area contributed by atoms with Crippen molar-refractivity contribution in [3.63, 3.8) is 0 Å². The molecule has 2 aliphatic carbocycles. The minimum Gasteiger partial charge on any atom is -0.358 e. The van der Waals surface area contributed by atoms with E-state index in [4.69, 9.17) is 12.2 Å². The highest BCUT2D eigenvalue weighted by molar-refractivity contribution is 7.80. The number of hydrogen-bond donors (Lipinski definition) is 2. The third kappa shape index (κ3) is 2.26. The monoisotopic (exact) mass is 221 g/mol. The molecule has 2 atom stereocenters. The topological polar surface area (TPSA) is 36.4 Å². The van der Waals surface area contributed by atoms with Gasteiger partial charge in [-0.05, 0) is 31.0 Å². The van der Waals surface area contributed by atoms with Gasteiger partial charge < -0.3 is 5.32 Å². The van der Waals surface area contributed by atoms with Crippen LogP contribution in [0, 0.1) is 11.8 Å². The summed E-state index contributed by atoms with van der Waals surface area (Å²) in [4.78, 5) is 0. The van der Waals surface area contributed by atoms with Crippen LogP contribution in [0.25, 0.3) is 0 Å². The summed E-state index contributed by atoms with van der Waals surface area (Å²) < 4.78 is 0. The van der Waals surface area contributed by atoms with E-state index in [1.165, 1.54) is 5.71 Å². The van der Waals surface area contributed by atoms with E-state index in [0.29, 0.717) is 17.6 Å². The summed E-state index contributed by atoms with van der Waals surface area (Å²) in [6.07, 6.45) is 8.52. The van der Waals surface area contributed by atoms with Crippen LogP contribution in [0.15, 0.2) is 29.9 Å². The first kappa shape index (κ1) is 10.4. The molecule has 4 heteroatoms. The van der Waals surface area contributed by atoms with Crippen molar-refractivity contribution < 1.29 is 0 Å². The summed E-state index contributed by atoms with van der Waals surface area (Å²) in [6.45, 7) is 4.28. The Bertz CT molecular complexity index is 333. The molecule has 2 rings (SSSR count). The Hall–Kier alpha value is -1.16. The van der Waals surface area contributed by atoms with Crippen LogP contribution in [0.4, 0.5) is 0 Å². The zero-order chi connectivity index (χ0) is 10.7. The molecule has 2 aliphatic rings. The molecule has 0 heterocycles. The van der Waals surface area contributed by atoms with Crippen LogP contribution < -0.4 is 10.7 Å². The number of hydrazone groups is 1. The zero-order valence-corrected chi connectivity index (χ0v) is 9.39. The van der Waals surface area contributed by atoms with Gasteiger partial charge in [0.2, 0.25) is 0 Å². The maximum absolute atomic E-state index is 5.04. The van der Waals surface area contributed by atoms with Crippen molar-refractivity contribution in [2.75, 3.05) is 6.54 Å². The number of allylic oxidation sites excluding steroid dienone is 2. The minimum absolute atomic E-state index is 0.566. The van der Waals surface area contributed by atoms with Gasteiger partial charge in [0.25, 0.3) is 0 Å². The van der Waals surface area contributed by atoms with E-state index in [9.17, 15) is 0 Å². The van der Waals surface area contributed by atoms with Crippen LogP contribution in [-0.4, -0.2) is 17.4 Å². The third-order valence-corrected chi connectivity index (χ3v) is 3.11. The van der Waals surface area contributed by atoms with Crippen molar-refractivity contribution in [1.82, 2.24) is 10.7 Å². The van der Waals surface area contributed by atoms with Gasteiger partial charge in [-0.1, -0.05) is 18.2 Å². The highest BCUT2D eigenvalue weighted by atomic mass is 32.1. The minimum atomic E-state index is 0.566. The lowest BCUT2D eigenvalue weighted by molar-refractivity contribution is 0.463. The summed E-state index contributed by atoms with van der Waals surface area (Å²) in [5.74, 6) is 1.37. The summed E-state index contributed by atoms with van der Waals surface area (Å²) in [6, 6.07) is 0. The van der Waals surface area contributed by atoms with Crippen LogP contribution in [0.3, 0.4) is 0 Å². The number of nitrogens with one attached hydrogen (secondary N) is 2. The molecule has 2 N–H and O–H groups in total. The predicted molar refractivity (Wildman–Crippen MR) is 66.7 cm³/mol. The Morgan fingerprint density at radius 1 is 1.73 bits per heavy atom. The molecule has 3 nitrogen and oxygen atoms in total. The SMILES string of the molecule is C=CCNC(=S)N/N=C1/C[C@H]2C=CC[C@H]12. The lowest BCUT2D eigenvalue weighted by Gasteiger charge is -2.31. The van der Waals surface area contributed by atoms with Gasteiger partial charge >= 0.3 is 0 Å². The Labute approximate surface area is 95.3 Å². The van der Waals surface area contributed by atoms with Gasteiger partial charge in [-0.3, -0.25) is 5.43 Å². The van der Waals surface area contributed by atoms with Crippen LogP contribution in [-0.2, 0) is 0 Å². The molecule has 0 spiro atoms. The lowest BCUT2D eigenvalue weighted by atomic mass is 9.74. The van der Waals surface area contributed by atoms with E-state index in [-0.39, 0.29) is 0 Å². The van der Waals surface area contributed by atoms with Crippen molar-refractivity contribution in [3.8, 4) is 0 Å². The van der Waals surface area contributed by atoms with Crippen molar-refractivity contribution >= 4 is 23.0 Å². The normalized spacial score (nSPS) is 29.5. The Balaban J connectivity index is 1.75. The molecule has 0 aromatic carbocycles. The molecule has 1 saturated carbocycles. The number of thiocarbonyl (C=S) groups is 1. The second-order valence-electron chi connectivity index (χ2n) is 3.85. The van der Waals surface area contributed by atoms with Gasteiger partial charge in [-0.25, -0.2) is 0 Å². The summed E-state index contributed by atoms with van der Waals surface area (Å²) in [5.41, 5.74) is 4.11. The van der Waals surface area contributed by atoms with Crippen molar-refractivity contribution in [3.05, 3.63) is 24.8 Å². The summed E-state index contributed by atoms with van der Waals surface area (Å²) in [5, 5.41) is 7.86. The molecular formula is C11H15N3S. The van der Waals surface area contributed by atoms with E-state index in [2.05, 4.69) is 34.6 Å². The standard InChI is InChI=1S/C11H15N3S/c1-2-6-12-11(15)14-13-10-7-8-4-3-5-9(8)10/h2-4,8-9H,1,5-7H2,(H2,12,14,15)/b13-10-/t8-,9+/m1/s1. The second kappa shape index (κ2) is 4.57. The first-order valence-corrected chi connectivity index (χ1v) is 5.60. The molecule has 15 heavy (non-hydrogen) atoms. The zero-order valence-electron chi connectivity index (χ0n) is 8.57. The largest absolute Gasteiger partial charge is 0.358 e. The van der Waals surface area contributed by atoms with E-state index < -0.39 is 0 Å². The molecule has 0 aliphatic heterocycles. The molecule has 0 aromatic heterocycles. The van der Waals surface area contributed by atoms with Gasteiger partial charge in [0.05, 0.1) is 0 Å². The molecule has 80 valence electrons. The molecular weight excluding hydrogens is 206 g/mol. The second-order valence-corrected chi connectivity index (χ2v) is 4.26. The number of fused-ring (bicyclic) bond motifs is 1. The fourth-order valence-electron chi connectivity index (χ4n) is 1.99. The predicted octanol–water partition coefficient (Wildman–Crippen LogP) is 1.59. The van der Waals surface area contributed by atoms with Crippen LogP contribution >= 0.6 is 12.2 Å². The highest BCUT2D eigenvalue weighted by Gasteiger charge is 2.37. The quantitative estimate of drug-likeness (QED) is 0.432. The summed E-state index contributed by atoms with van der Waals surface area (Å²) >= 11 is 5.04. The Kier molecular flexibility index (Phi) is 3.16. The van der Waals surface area contributed by atoms with Crippen LogP contribution in [0.2, 0.25) is 0 Å². The first-order chi connectivity index (χ1) is 7.31. The fraction of sp³-hybridized carbons (Fsp3) is 0.455. The molecule has 0 bridgehead atoms. The molecule has 0 saturated heterocycles. The van der Waals surface area contributed by atoms with Crippen molar-refractivity contribution in [2.45, 2.75) is 12.8 Å². The average Bonchev–Trinajstić information content (AvgIpc) is 2.57. The van der Waals surface area contributed by atoms with E-state index >= 15 is 0 Å². The van der Waals surface area contributed by atoms with Gasteiger partial charge in [-0.15, -0.1) is 6.58 Å². The maximum Gasteiger partial charge on any atom is 0.187 e. The molecule has 0 aromatic rings. The van der Waals surface area contributed by atoms with Gasteiger partial charge in [0.15, 0.2) is 5.11 Å². The van der Waals surface area contributed by atoms with Crippen molar-refractivity contribution in [1.29, 1.82) is 0 Å². The molecule has 1 fully saturated rings. The third-order valence-electron chi connectivity index (χ3n) is 2.87. The highest BCUT2D eigenvalue weighted by Crippen LogP contribution is 2.39. The Morgan fingerprint density at radius 2 is 2.60 bits per heavy atom. The maximum atomic E-state index is 5.04. The molecule has 0 radical (unpaired) electrons. The molecule has 0 amide bonds. The average molecular weight is 221 g/mol. The van der Waals surface area contributed by atoms with Crippen LogP contribution in [0.5, 0.6) is 0 Å². The van der Waals surface area contributed by atoms with E-state index in [0.717, 1.165) is 18.8 Å². The summed E-state index contributed by atoms with van der Waals surface area (Å²) in [7, 11) is 0.